The average molecular weight is 261 g/mol. The molecule has 6 heteroatoms. The number of nitrogen functional groups attached to an aromatic ring is 1. The lowest BCUT2D eigenvalue weighted by Gasteiger charge is -1.99. The number of primary amides is 1. The number of carbonyl (C=O) groups is 1. The highest BCUT2D eigenvalue weighted by atomic mass is 35.5. The van der Waals surface area contributed by atoms with Crippen LogP contribution < -0.4 is 11.5 Å². The molecule has 5 N–H and O–H groups in total. The van der Waals surface area contributed by atoms with Crippen LogP contribution in [0.3, 0.4) is 0 Å². The van der Waals surface area contributed by atoms with E-state index in [1.54, 1.807) is 24.3 Å². The van der Waals surface area contributed by atoms with Crippen LogP contribution in [0.1, 0.15) is 16.1 Å². The molecule has 90 valence electrons. The van der Waals surface area contributed by atoms with Gasteiger partial charge < -0.3 is 16.5 Å². The number of hydrogen-bond acceptors (Lipinski definition) is 3. The lowest BCUT2D eigenvalue weighted by atomic mass is 10.1. The van der Waals surface area contributed by atoms with E-state index in [0.29, 0.717) is 16.3 Å². The molecular weight excluding hydrogens is 252 g/mol. The van der Waals surface area contributed by atoms with Crippen LogP contribution in [0, 0.1) is 11.3 Å². The molecule has 0 spiro atoms. The van der Waals surface area contributed by atoms with Crippen molar-refractivity contribution >= 4 is 23.2 Å². The van der Waals surface area contributed by atoms with E-state index in [2.05, 4.69) is 4.98 Å². The maximum atomic E-state index is 11.2. The SMILES string of the molecule is N#Cc1c(-c2ccc(Cl)cc2)[nH]c(C(N)=O)c1N. The van der Waals surface area contributed by atoms with Gasteiger partial charge in [-0.25, -0.2) is 0 Å². The van der Waals surface area contributed by atoms with Crippen molar-refractivity contribution < 1.29 is 4.79 Å². The number of aromatic amines is 1. The van der Waals surface area contributed by atoms with Gasteiger partial charge in [0.2, 0.25) is 0 Å². The molecule has 0 saturated heterocycles. The van der Waals surface area contributed by atoms with Crippen LogP contribution in [0.5, 0.6) is 0 Å². The number of carbonyl (C=O) groups excluding carboxylic acids is 1. The van der Waals surface area contributed by atoms with Crippen molar-refractivity contribution in [2.75, 3.05) is 5.73 Å². The van der Waals surface area contributed by atoms with E-state index >= 15 is 0 Å². The van der Waals surface area contributed by atoms with Crippen LogP contribution in [-0.2, 0) is 0 Å². The fourth-order valence-corrected chi connectivity index (χ4v) is 1.78. The lowest BCUT2D eigenvalue weighted by Crippen LogP contribution is -2.13. The van der Waals surface area contributed by atoms with Gasteiger partial charge in [-0.1, -0.05) is 23.7 Å². The summed E-state index contributed by atoms with van der Waals surface area (Å²) in [5, 5.41) is 9.66. The van der Waals surface area contributed by atoms with Crippen LogP contribution in [0.15, 0.2) is 24.3 Å². The largest absolute Gasteiger partial charge is 0.396 e. The van der Waals surface area contributed by atoms with Gasteiger partial charge in [-0.3, -0.25) is 4.79 Å². The number of rotatable bonds is 2. The van der Waals surface area contributed by atoms with Crippen molar-refractivity contribution in [2.45, 2.75) is 0 Å². The number of anilines is 1. The first kappa shape index (κ1) is 12.0. The Kier molecular flexibility index (Phi) is 2.96. The quantitative estimate of drug-likeness (QED) is 0.767. The number of benzene rings is 1. The summed E-state index contributed by atoms with van der Waals surface area (Å²) in [5.74, 6) is -0.704. The van der Waals surface area contributed by atoms with Gasteiger partial charge in [0.1, 0.15) is 17.3 Å². The molecule has 0 unspecified atom stereocenters. The van der Waals surface area contributed by atoms with E-state index in [1.807, 2.05) is 6.07 Å². The number of amides is 1. The Balaban J connectivity index is 2.65. The number of nitriles is 1. The van der Waals surface area contributed by atoms with Crippen molar-refractivity contribution in [1.29, 1.82) is 5.26 Å². The van der Waals surface area contributed by atoms with Gasteiger partial charge in [0.25, 0.3) is 5.91 Å². The second-order valence-electron chi connectivity index (χ2n) is 3.65. The molecule has 0 atom stereocenters. The van der Waals surface area contributed by atoms with Crippen molar-refractivity contribution in [3.63, 3.8) is 0 Å². The smallest absolute Gasteiger partial charge is 0.267 e. The minimum atomic E-state index is -0.704. The molecule has 2 rings (SSSR count). The number of nitrogens with two attached hydrogens (primary N) is 2. The molecule has 1 aromatic heterocycles. The van der Waals surface area contributed by atoms with Gasteiger partial charge >= 0.3 is 0 Å². The maximum Gasteiger partial charge on any atom is 0.267 e. The van der Waals surface area contributed by atoms with E-state index in [4.69, 9.17) is 28.3 Å². The summed E-state index contributed by atoms with van der Waals surface area (Å²) in [6.45, 7) is 0. The summed E-state index contributed by atoms with van der Waals surface area (Å²) >= 11 is 5.79. The van der Waals surface area contributed by atoms with Crippen molar-refractivity contribution in [2.24, 2.45) is 5.73 Å². The second kappa shape index (κ2) is 4.43. The first-order valence-corrected chi connectivity index (χ1v) is 5.39. The Morgan fingerprint density at radius 1 is 1.33 bits per heavy atom. The van der Waals surface area contributed by atoms with Crippen LogP contribution >= 0.6 is 11.6 Å². The maximum absolute atomic E-state index is 11.2. The summed E-state index contributed by atoms with van der Waals surface area (Å²) in [4.78, 5) is 13.9. The average Bonchev–Trinajstić information content (AvgIpc) is 2.67. The molecule has 1 heterocycles. The van der Waals surface area contributed by atoms with Gasteiger partial charge in [0.15, 0.2) is 0 Å². The number of H-pyrrole nitrogens is 1. The summed E-state index contributed by atoms with van der Waals surface area (Å²) in [6, 6.07) is 8.76. The van der Waals surface area contributed by atoms with Gasteiger partial charge in [0.05, 0.1) is 11.4 Å². The molecule has 18 heavy (non-hydrogen) atoms. The van der Waals surface area contributed by atoms with Crippen LogP contribution in [0.4, 0.5) is 5.69 Å². The minimum absolute atomic E-state index is 0.0384. The predicted molar refractivity (Wildman–Crippen MR) is 68.9 cm³/mol. The number of nitrogens with one attached hydrogen (secondary N) is 1. The predicted octanol–water partition coefficient (Wildman–Crippen LogP) is 1.89. The van der Waals surface area contributed by atoms with Gasteiger partial charge in [-0.15, -0.1) is 0 Å². The third kappa shape index (κ3) is 1.90. The third-order valence-corrected chi connectivity index (χ3v) is 2.78. The fraction of sp³-hybridized carbons (Fsp3) is 0. The molecule has 0 aliphatic rings. The van der Waals surface area contributed by atoms with E-state index in [0.717, 1.165) is 0 Å². The van der Waals surface area contributed by atoms with Crippen molar-refractivity contribution in [3.05, 3.63) is 40.5 Å². The van der Waals surface area contributed by atoms with Crippen LogP contribution in [0.25, 0.3) is 11.3 Å². The Morgan fingerprint density at radius 3 is 2.44 bits per heavy atom. The molecule has 0 radical (unpaired) electrons. The zero-order valence-electron chi connectivity index (χ0n) is 9.20. The molecule has 2 aromatic rings. The van der Waals surface area contributed by atoms with Crippen LogP contribution in [0.2, 0.25) is 5.02 Å². The highest BCUT2D eigenvalue weighted by molar-refractivity contribution is 6.30. The number of nitrogens with zero attached hydrogens (tertiary/aromatic N) is 1. The Hall–Kier alpha value is -2.45. The number of aromatic nitrogens is 1. The third-order valence-electron chi connectivity index (χ3n) is 2.53. The molecule has 5 nitrogen and oxygen atoms in total. The van der Waals surface area contributed by atoms with Gasteiger partial charge in [-0.05, 0) is 17.7 Å². The Labute approximate surface area is 108 Å². The summed E-state index contributed by atoms with van der Waals surface area (Å²) in [5.41, 5.74) is 12.3. The zero-order chi connectivity index (χ0) is 13.3. The van der Waals surface area contributed by atoms with Gasteiger partial charge in [0, 0.05) is 5.02 Å². The van der Waals surface area contributed by atoms with E-state index in [1.165, 1.54) is 0 Å². The zero-order valence-corrected chi connectivity index (χ0v) is 9.95. The molecule has 0 fully saturated rings. The van der Waals surface area contributed by atoms with Crippen molar-refractivity contribution in [3.8, 4) is 17.3 Å². The first-order valence-electron chi connectivity index (χ1n) is 5.02. The molecule has 0 aliphatic carbocycles. The summed E-state index contributed by atoms with van der Waals surface area (Å²) in [7, 11) is 0. The number of halogens is 1. The normalized spacial score (nSPS) is 10.0. The molecule has 0 bridgehead atoms. The minimum Gasteiger partial charge on any atom is -0.396 e. The van der Waals surface area contributed by atoms with E-state index in [-0.39, 0.29) is 16.9 Å². The molecule has 0 aliphatic heterocycles. The second-order valence-corrected chi connectivity index (χ2v) is 4.08. The highest BCUT2D eigenvalue weighted by Gasteiger charge is 2.19. The fourth-order valence-electron chi connectivity index (χ4n) is 1.66. The van der Waals surface area contributed by atoms with Crippen LogP contribution in [-0.4, -0.2) is 10.9 Å². The monoisotopic (exact) mass is 260 g/mol. The molecular formula is C12H9ClN4O. The summed E-state index contributed by atoms with van der Waals surface area (Å²) in [6.07, 6.45) is 0. The van der Waals surface area contributed by atoms with Crippen molar-refractivity contribution in [1.82, 2.24) is 4.98 Å². The number of hydrogen-bond donors (Lipinski definition) is 3. The van der Waals surface area contributed by atoms with E-state index in [9.17, 15) is 4.79 Å². The van der Waals surface area contributed by atoms with Gasteiger partial charge in [-0.2, -0.15) is 5.26 Å². The Morgan fingerprint density at radius 2 is 1.94 bits per heavy atom. The first-order chi connectivity index (χ1) is 8.54. The van der Waals surface area contributed by atoms with E-state index < -0.39 is 5.91 Å². The summed E-state index contributed by atoms with van der Waals surface area (Å²) < 4.78 is 0. The Bertz CT molecular complexity index is 652. The molecule has 1 amide bonds. The molecule has 0 saturated carbocycles. The lowest BCUT2D eigenvalue weighted by molar-refractivity contribution is 0.0997. The highest BCUT2D eigenvalue weighted by Crippen LogP contribution is 2.30. The molecule has 1 aromatic carbocycles. The standard InChI is InChI=1S/C12H9ClN4O/c13-7-3-1-6(2-4-7)10-8(5-14)9(15)11(17-10)12(16)18/h1-4,17H,15H2,(H2,16,18). The topological polar surface area (TPSA) is 109 Å².